The predicted molar refractivity (Wildman–Crippen MR) is 92.9 cm³/mol. The Labute approximate surface area is 138 Å². The van der Waals surface area contributed by atoms with Crippen LogP contribution in [0.3, 0.4) is 0 Å². The molecule has 1 aliphatic rings. The summed E-state index contributed by atoms with van der Waals surface area (Å²) in [4.78, 5) is 2.54. The summed E-state index contributed by atoms with van der Waals surface area (Å²) >= 11 is 0. The third-order valence-electron chi connectivity index (χ3n) is 4.29. The van der Waals surface area contributed by atoms with E-state index >= 15 is 0 Å². The average Bonchev–Trinajstić information content (AvgIpc) is 2.85. The number of rotatable bonds is 3. The van der Waals surface area contributed by atoms with E-state index in [-0.39, 0.29) is 12.4 Å². The van der Waals surface area contributed by atoms with Gasteiger partial charge in [-0.05, 0) is 32.9 Å². The molecular formula is C17H25ClN4. The first-order valence-corrected chi connectivity index (χ1v) is 7.71. The summed E-state index contributed by atoms with van der Waals surface area (Å²) in [5.41, 5.74) is 3.56. The van der Waals surface area contributed by atoms with Gasteiger partial charge in [-0.25, -0.2) is 4.68 Å². The number of benzene rings is 1. The topological polar surface area (TPSA) is 33.1 Å². The highest BCUT2D eigenvalue weighted by Crippen LogP contribution is 2.17. The van der Waals surface area contributed by atoms with Gasteiger partial charge in [0.05, 0.1) is 11.4 Å². The molecule has 2 unspecified atom stereocenters. The second kappa shape index (κ2) is 7.27. The predicted octanol–water partition coefficient (Wildman–Crippen LogP) is 2.78. The van der Waals surface area contributed by atoms with E-state index in [1.807, 2.05) is 22.9 Å². The lowest BCUT2D eigenvalue weighted by Gasteiger charge is -2.37. The van der Waals surface area contributed by atoms with Crippen LogP contribution in [0.5, 0.6) is 0 Å². The molecule has 120 valence electrons. The highest BCUT2D eigenvalue weighted by molar-refractivity contribution is 5.85. The van der Waals surface area contributed by atoms with E-state index < -0.39 is 0 Å². The van der Waals surface area contributed by atoms with Gasteiger partial charge < -0.3 is 5.32 Å². The van der Waals surface area contributed by atoms with Gasteiger partial charge >= 0.3 is 0 Å². The third kappa shape index (κ3) is 3.69. The summed E-state index contributed by atoms with van der Waals surface area (Å²) in [6.45, 7) is 9.77. The van der Waals surface area contributed by atoms with Gasteiger partial charge in [0.1, 0.15) is 0 Å². The second-order valence-corrected chi connectivity index (χ2v) is 6.11. The van der Waals surface area contributed by atoms with Crippen molar-refractivity contribution in [3.63, 3.8) is 0 Å². The fourth-order valence-corrected chi connectivity index (χ4v) is 2.90. The Morgan fingerprint density at radius 3 is 2.68 bits per heavy atom. The third-order valence-corrected chi connectivity index (χ3v) is 4.29. The molecule has 0 spiro atoms. The van der Waals surface area contributed by atoms with Crippen molar-refractivity contribution in [2.24, 2.45) is 0 Å². The van der Waals surface area contributed by atoms with Crippen LogP contribution in [0.25, 0.3) is 5.69 Å². The van der Waals surface area contributed by atoms with Crippen LogP contribution in [0, 0.1) is 6.92 Å². The first kappa shape index (κ1) is 17.0. The van der Waals surface area contributed by atoms with E-state index in [1.54, 1.807) is 0 Å². The van der Waals surface area contributed by atoms with Gasteiger partial charge in [-0.2, -0.15) is 5.10 Å². The van der Waals surface area contributed by atoms with E-state index in [1.165, 1.54) is 5.56 Å². The van der Waals surface area contributed by atoms with Gasteiger partial charge in [0, 0.05) is 43.5 Å². The molecule has 1 fully saturated rings. The molecule has 22 heavy (non-hydrogen) atoms. The molecule has 3 rings (SSSR count). The second-order valence-electron chi connectivity index (χ2n) is 6.11. The van der Waals surface area contributed by atoms with Crippen LogP contribution in [0.15, 0.2) is 36.5 Å². The summed E-state index contributed by atoms with van der Waals surface area (Å²) in [7, 11) is 0. The number of para-hydroxylation sites is 1. The zero-order chi connectivity index (χ0) is 14.8. The normalized spacial score (nSPS) is 22.3. The number of hydrogen-bond acceptors (Lipinski definition) is 3. The molecule has 1 aromatic heterocycles. The molecule has 0 radical (unpaired) electrons. The van der Waals surface area contributed by atoms with E-state index in [4.69, 9.17) is 0 Å². The van der Waals surface area contributed by atoms with E-state index in [0.717, 1.165) is 31.0 Å². The van der Waals surface area contributed by atoms with Crippen molar-refractivity contribution in [3.8, 4) is 5.69 Å². The Bertz CT molecular complexity index is 596. The van der Waals surface area contributed by atoms with Crippen LogP contribution in [0.1, 0.15) is 25.1 Å². The van der Waals surface area contributed by atoms with E-state index in [2.05, 4.69) is 54.4 Å². The van der Waals surface area contributed by atoms with Crippen LogP contribution < -0.4 is 5.32 Å². The van der Waals surface area contributed by atoms with Gasteiger partial charge in [-0.15, -0.1) is 12.4 Å². The van der Waals surface area contributed by atoms with E-state index in [9.17, 15) is 0 Å². The van der Waals surface area contributed by atoms with Crippen molar-refractivity contribution in [1.29, 1.82) is 0 Å². The van der Waals surface area contributed by atoms with Crippen LogP contribution >= 0.6 is 12.4 Å². The number of nitrogens with one attached hydrogen (secondary N) is 1. The fraction of sp³-hybridized carbons (Fsp3) is 0.471. The van der Waals surface area contributed by atoms with Gasteiger partial charge in [-0.3, -0.25) is 4.90 Å². The molecule has 2 aromatic rings. The number of nitrogens with zero attached hydrogens (tertiary/aromatic N) is 3. The maximum atomic E-state index is 4.66. The first-order valence-electron chi connectivity index (χ1n) is 7.71. The highest BCUT2D eigenvalue weighted by atomic mass is 35.5. The molecule has 0 aliphatic carbocycles. The monoisotopic (exact) mass is 320 g/mol. The molecule has 1 saturated heterocycles. The van der Waals surface area contributed by atoms with Crippen LogP contribution in [0.4, 0.5) is 0 Å². The number of aromatic nitrogens is 2. The molecule has 5 heteroatoms. The molecule has 1 N–H and O–H groups in total. The smallest absolute Gasteiger partial charge is 0.0645 e. The maximum Gasteiger partial charge on any atom is 0.0645 e. The molecule has 0 saturated carbocycles. The SMILES string of the molecule is Cc1nn(-c2ccccc2)cc1CN1CC(C)NCC1C.Cl. The zero-order valence-corrected chi connectivity index (χ0v) is 14.3. The van der Waals surface area contributed by atoms with Crippen LogP contribution in [-0.2, 0) is 6.54 Å². The minimum Gasteiger partial charge on any atom is -0.311 e. The highest BCUT2D eigenvalue weighted by Gasteiger charge is 2.23. The molecule has 2 heterocycles. The summed E-state index contributed by atoms with van der Waals surface area (Å²) < 4.78 is 1.99. The lowest BCUT2D eigenvalue weighted by Crippen LogP contribution is -2.53. The molecule has 1 aliphatic heterocycles. The Morgan fingerprint density at radius 1 is 1.23 bits per heavy atom. The van der Waals surface area contributed by atoms with Crippen molar-refractivity contribution >= 4 is 12.4 Å². The molecule has 2 atom stereocenters. The summed E-state index contributed by atoms with van der Waals surface area (Å²) in [6.07, 6.45) is 2.17. The largest absolute Gasteiger partial charge is 0.311 e. The molecule has 0 bridgehead atoms. The molecule has 1 aromatic carbocycles. The summed E-state index contributed by atoms with van der Waals surface area (Å²) in [6, 6.07) is 11.4. The van der Waals surface area contributed by atoms with Crippen molar-refractivity contribution in [2.75, 3.05) is 13.1 Å². The van der Waals surface area contributed by atoms with Crippen LogP contribution in [-0.4, -0.2) is 39.9 Å². The minimum absolute atomic E-state index is 0. The fourth-order valence-electron chi connectivity index (χ4n) is 2.90. The van der Waals surface area contributed by atoms with Crippen molar-refractivity contribution < 1.29 is 0 Å². The maximum absolute atomic E-state index is 4.66. The Hall–Kier alpha value is -1.36. The van der Waals surface area contributed by atoms with Crippen molar-refractivity contribution in [1.82, 2.24) is 20.0 Å². The zero-order valence-electron chi connectivity index (χ0n) is 13.5. The first-order chi connectivity index (χ1) is 10.1. The number of halogens is 1. The quantitative estimate of drug-likeness (QED) is 0.944. The Balaban J connectivity index is 0.00000176. The number of piperazine rings is 1. The van der Waals surface area contributed by atoms with Gasteiger partial charge in [0.25, 0.3) is 0 Å². The Kier molecular flexibility index (Phi) is 5.62. The number of hydrogen-bond donors (Lipinski definition) is 1. The van der Waals surface area contributed by atoms with E-state index in [0.29, 0.717) is 12.1 Å². The minimum atomic E-state index is 0. The van der Waals surface area contributed by atoms with Gasteiger partial charge in [0.2, 0.25) is 0 Å². The van der Waals surface area contributed by atoms with Gasteiger partial charge in [0.15, 0.2) is 0 Å². The van der Waals surface area contributed by atoms with Gasteiger partial charge in [-0.1, -0.05) is 18.2 Å². The van der Waals surface area contributed by atoms with Crippen molar-refractivity contribution in [2.45, 2.75) is 39.4 Å². The standard InChI is InChI=1S/C17H24N4.ClH/c1-13-10-20(14(2)9-18-13)11-16-12-21(19-15(16)3)17-7-5-4-6-8-17;/h4-8,12-14,18H,9-11H2,1-3H3;1H. The lowest BCUT2D eigenvalue weighted by molar-refractivity contribution is 0.138. The average molecular weight is 321 g/mol. The molecule has 0 amide bonds. The molecular weight excluding hydrogens is 296 g/mol. The van der Waals surface area contributed by atoms with Crippen molar-refractivity contribution in [3.05, 3.63) is 47.8 Å². The lowest BCUT2D eigenvalue weighted by atomic mass is 10.1. The Morgan fingerprint density at radius 2 is 1.95 bits per heavy atom. The summed E-state index contributed by atoms with van der Waals surface area (Å²) in [5, 5.41) is 8.20. The molecule has 4 nitrogen and oxygen atoms in total. The summed E-state index contributed by atoms with van der Waals surface area (Å²) in [5.74, 6) is 0. The van der Waals surface area contributed by atoms with Crippen LogP contribution in [0.2, 0.25) is 0 Å². The number of aryl methyl sites for hydroxylation is 1.